The van der Waals surface area contributed by atoms with Crippen molar-refractivity contribution < 1.29 is 14.3 Å². The molecule has 106 valence electrons. The zero-order chi connectivity index (χ0) is 15.2. The van der Waals surface area contributed by atoms with Crippen LogP contribution >= 0.6 is 11.6 Å². The Morgan fingerprint density at radius 2 is 2.10 bits per heavy atom. The minimum atomic E-state index is -0.502. The first-order valence-corrected chi connectivity index (χ1v) is 6.44. The third-order valence-corrected chi connectivity index (χ3v) is 2.92. The molecule has 0 aliphatic rings. The summed E-state index contributed by atoms with van der Waals surface area (Å²) in [6.45, 7) is -0.234. The van der Waals surface area contributed by atoms with E-state index in [9.17, 15) is 9.18 Å². The van der Waals surface area contributed by atoms with Crippen molar-refractivity contribution >= 4 is 23.2 Å². The fraction of sp³-hybridized carbons (Fsp3) is 0.0625. The molecule has 2 aromatic carbocycles. The predicted octanol–water partition coefficient (Wildman–Crippen LogP) is 3.08. The summed E-state index contributed by atoms with van der Waals surface area (Å²) in [7, 11) is 0. The van der Waals surface area contributed by atoms with Gasteiger partial charge in [-0.3, -0.25) is 4.79 Å². The smallest absolute Gasteiger partial charge is 0.257 e. The quantitative estimate of drug-likeness (QED) is 0.838. The number of hydrogen-bond acceptors (Lipinski definition) is 2. The molecule has 2 aromatic rings. The summed E-state index contributed by atoms with van der Waals surface area (Å²) in [5.74, 6) is 4.32. The second-order valence-corrected chi connectivity index (χ2v) is 4.53. The van der Waals surface area contributed by atoms with E-state index in [-0.39, 0.29) is 17.2 Å². The Balaban J connectivity index is 2.19. The molecule has 5 heteroatoms. The molecular weight excluding hydrogens is 293 g/mol. The number of aliphatic hydroxyl groups excluding tert-OH is 1. The lowest BCUT2D eigenvalue weighted by Crippen LogP contribution is -2.12. The van der Waals surface area contributed by atoms with Gasteiger partial charge in [-0.25, -0.2) is 4.39 Å². The minimum absolute atomic E-state index is 0.0451. The van der Waals surface area contributed by atoms with Gasteiger partial charge in [0.15, 0.2) is 0 Å². The van der Waals surface area contributed by atoms with E-state index in [1.807, 2.05) is 0 Å². The first-order valence-electron chi connectivity index (χ1n) is 6.06. The molecule has 21 heavy (non-hydrogen) atoms. The van der Waals surface area contributed by atoms with Gasteiger partial charge < -0.3 is 10.4 Å². The van der Waals surface area contributed by atoms with Gasteiger partial charge in [0.25, 0.3) is 5.91 Å². The molecule has 0 aromatic heterocycles. The number of hydrogen-bond donors (Lipinski definition) is 2. The highest BCUT2D eigenvalue weighted by molar-refractivity contribution is 6.34. The molecular formula is C16H11ClFNO2. The Morgan fingerprint density at radius 1 is 1.29 bits per heavy atom. The van der Waals surface area contributed by atoms with Crippen molar-refractivity contribution in [1.29, 1.82) is 0 Å². The highest BCUT2D eigenvalue weighted by Crippen LogP contribution is 2.19. The maximum atomic E-state index is 13.0. The SMILES string of the molecule is O=C(Nc1cccc(C#CCO)c1)c1ccc(F)cc1Cl. The van der Waals surface area contributed by atoms with Crippen molar-refractivity contribution in [3.8, 4) is 11.8 Å². The van der Waals surface area contributed by atoms with Gasteiger partial charge in [-0.15, -0.1) is 0 Å². The first kappa shape index (κ1) is 15.0. The highest BCUT2D eigenvalue weighted by Gasteiger charge is 2.11. The van der Waals surface area contributed by atoms with Crippen LogP contribution in [0.4, 0.5) is 10.1 Å². The van der Waals surface area contributed by atoms with E-state index in [2.05, 4.69) is 17.2 Å². The number of rotatable bonds is 2. The summed E-state index contributed by atoms with van der Waals surface area (Å²) in [5, 5.41) is 11.4. The topological polar surface area (TPSA) is 49.3 Å². The average Bonchev–Trinajstić information content (AvgIpc) is 2.45. The van der Waals surface area contributed by atoms with Crippen LogP contribution < -0.4 is 5.32 Å². The normalized spacial score (nSPS) is 9.67. The van der Waals surface area contributed by atoms with E-state index >= 15 is 0 Å². The largest absolute Gasteiger partial charge is 0.384 e. The third kappa shape index (κ3) is 4.06. The molecule has 3 nitrogen and oxygen atoms in total. The van der Waals surface area contributed by atoms with Crippen LogP contribution in [0, 0.1) is 17.7 Å². The molecule has 0 aliphatic heterocycles. The zero-order valence-corrected chi connectivity index (χ0v) is 11.6. The molecule has 2 N–H and O–H groups in total. The van der Waals surface area contributed by atoms with Crippen LogP contribution in [0.5, 0.6) is 0 Å². The number of anilines is 1. The molecule has 2 rings (SSSR count). The first-order chi connectivity index (χ1) is 10.1. The summed E-state index contributed by atoms with van der Waals surface area (Å²) in [5.41, 5.74) is 1.38. The number of benzene rings is 2. The summed E-state index contributed by atoms with van der Waals surface area (Å²) in [4.78, 5) is 12.1. The Bertz CT molecular complexity index is 735. The van der Waals surface area contributed by atoms with Crippen LogP contribution in [-0.4, -0.2) is 17.6 Å². The van der Waals surface area contributed by atoms with Gasteiger partial charge in [0.05, 0.1) is 10.6 Å². The second kappa shape index (κ2) is 6.89. The Morgan fingerprint density at radius 3 is 2.81 bits per heavy atom. The number of amides is 1. The molecule has 0 fully saturated rings. The highest BCUT2D eigenvalue weighted by atomic mass is 35.5. The molecule has 0 bridgehead atoms. The molecule has 0 saturated heterocycles. The monoisotopic (exact) mass is 303 g/mol. The zero-order valence-electron chi connectivity index (χ0n) is 10.9. The maximum absolute atomic E-state index is 13.0. The van der Waals surface area contributed by atoms with Gasteiger partial charge in [-0.2, -0.15) is 0 Å². The second-order valence-electron chi connectivity index (χ2n) is 4.12. The summed E-state index contributed by atoms with van der Waals surface area (Å²) >= 11 is 5.84. The van der Waals surface area contributed by atoms with Crippen LogP contribution in [0.2, 0.25) is 5.02 Å². The fourth-order valence-electron chi connectivity index (χ4n) is 1.69. The van der Waals surface area contributed by atoms with E-state index < -0.39 is 11.7 Å². The molecule has 0 aliphatic carbocycles. The molecule has 0 spiro atoms. The van der Waals surface area contributed by atoms with Gasteiger partial charge in [0, 0.05) is 11.3 Å². The van der Waals surface area contributed by atoms with Gasteiger partial charge in [0.1, 0.15) is 12.4 Å². The number of halogens is 2. The van der Waals surface area contributed by atoms with Crippen LogP contribution in [0.1, 0.15) is 15.9 Å². The summed E-state index contributed by atoms with van der Waals surface area (Å²) < 4.78 is 13.0. The van der Waals surface area contributed by atoms with Gasteiger partial charge in [0.2, 0.25) is 0 Å². The number of aliphatic hydroxyl groups is 1. The summed E-state index contributed by atoms with van der Waals surface area (Å²) in [6, 6.07) is 10.4. The van der Waals surface area contributed by atoms with Crippen molar-refractivity contribution in [3.05, 3.63) is 64.4 Å². The van der Waals surface area contributed by atoms with Crippen LogP contribution in [0.3, 0.4) is 0 Å². The Kier molecular flexibility index (Phi) is 4.94. The molecule has 1 amide bonds. The number of carbonyl (C=O) groups is 1. The van der Waals surface area contributed by atoms with E-state index in [4.69, 9.17) is 16.7 Å². The van der Waals surface area contributed by atoms with E-state index in [0.717, 1.165) is 6.07 Å². The maximum Gasteiger partial charge on any atom is 0.257 e. The Labute approximate surface area is 126 Å². The predicted molar refractivity (Wildman–Crippen MR) is 79.8 cm³/mol. The number of carbonyl (C=O) groups excluding carboxylic acids is 1. The Hall–Kier alpha value is -2.35. The van der Waals surface area contributed by atoms with Crippen LogP contribution in [0.25, 0.3) is 0 Å². The average molecular weight is 304 g/mol. The number of nitrogens with one attached hydrogen (secondary N) is 1. The molecule has 0 unspecified atom stereocenters. The lowest BCUT2D eigenvalue weighted by atomic mass is 10.1. The van der Waals surface area contributed by atoms with E-state index in [0.29, 0.717) is 11.3 Å². The van der Waals surface area contributed by atoms with E-state index in [1.54, 1.807) is 24.3 Å². The summed E-state index contributed by atoms with van der Waals surface area (Å²) in [6.07, 6.45) is 0. The van der Waals surface area contributed by atoms with Crippen molar-refractivity contribution in [3.63, 3.8) is 0 Å². The molecule has 0 saturated carbocycles. The minimum Gasteiger partial charge on any atom is -0.384 e. The van der Waals surface area contributed by atoms with E-state index in [1.165, 1.54) is 12.1 Å². The van der Waals surface area contributed by atoms with Crippen LogP contribution in [-0.2, 0) is 0 Å². The standard InChI is InChI=1S/C16H11ClFNO2/c17-15-10-12(18)6-7-14(15)16(21)19-13-5-1-3-11(9-13)4-2-8-20/h1,3,5-7,9-10,20H,8H2,(H,19,21). The van der Waals surface area contributed by atoms with Crippen molar-refractivity contribution in [1.82, 2.24) is 0 Å². The van der Waals surface area contributed by atoms with Gasteiger partial charge in [-0.05, 0) is 36.4 Å². The van der Waals surface area contributed by atoms with Gasteiger partial charge >= 0.3 is 0 Å². The molecule has 0 radical (unpaired) electrons. The lowest BCUT2D eigenvalue weighted by molar-refractivity contribution is 0.102. The molecule has 0 heterocycles. The molecule has 0 atom stereocenters. The van der Waals surface area contributed by atoms with Crippen molar-refractivity contribution in [2.75, 3.05) is 11.9 Å². The third-order valence-electron chi connectivity index (χ3n) is 2.61. The van der Waals surface area contributed by atoms with Crippen molar-refractivity contribution in [2.45, 2.75) is 0 Å². The van der Waals surface area contributed by atoms with Crippen LogP contribution in [0.15, 0.2) is 42.5 Å². The fourth-order valence-corrected chi connectivity index (χ4v) is 1.94. The van der Waals surface area contributed by atoms with Crippen molar-refractivity contribution in [2.24, 2.45) is 0 Å². The van der Waals surface area contributed by atoms with Gasteiger partial charge in [-0.1, -0.05) is 29.5 Å². The lowest BCUT2D eigenvalue weighted by Gasteiger charge is -2.07.